The van der Waals surface area contributed by atoms with Gasteiger partial charge >= 0.3 is 5.97 Å². The van der Waals surface area contributed by atoms with Gasteiger partial charge in [0.05, 0.1) is 11.6 Å². The van der Waals surface area contributed by atoms with E-state index >= 15 is 0 Å². The normalized spacial score (nSPS) is 16.7. The van der Waals surface area contributed by atoms with Crippen molar-refractivity contribution in [3.63, 3.8) is 0 Å². The highest BCUT2D eigenvalue weighted by molar-refractivity contribution is 5.80. The van der Waals surface area contributed by atoms with E-state index < -0.39 is 5.97 Å². The van der Waals surface area contributed by atoms with Gasteiger partial charge in [-0.05, 0) is 43.5 Å². The van der Waals surface area contributed by atoms with Crippen LogP contribution in [0, 0.1) is 11.3 Å². The van der Waals surface area contributed by atoms with Gasteiger partial charge in [0.25, 0.3) is 5.91 Å². The van der Waals surface area contributed by atoms with Crippen molar-refractivity contribution in [2.24, 2.45) is 0 Å². The molecule has 1 unspecified atom stereocenters. The molecule has 1 saturated heterocycles. The van der Waals surface area contributed by atoms with Crippen molar-refractivity contribution >= 4 is 17.8 Å². The first kappa shape index (κ1) is 20.2. The molecule has 1 aliphatic heterocycles. The van der Waals surface area contributed by atoms with Crippen LogP contribution in [0.4, 0.5) is 0 Å². The Bertz CT molecular complexity index is 726. The number of carbonyl (C=O) groups excluding carboxylic acids is 2. The number of rotatable bonds is 6. The number of carboxylic acid groups (broad SMARTS) is 1. The number of nitrogens with zero attached hydrogens (tertiary/aromatic N) is 3. The van der Waals surface area contributed by atoms with Gasteiger partial charge in [0.1, 0.15) is 12.3 Å². The molecule has 1 aromatic rings. The van der Waals surface area contributed by atoms with Crippen LogP contribution in [0.2, 0.25) is 0 Å². The van der Waals surface area contributed by atoms with E-state index in [2.05, 4.69) is 0 Å². The summed E-state index contributed by atoms with van der Waals surface area (Å²) in [7, 11) is 0. The molecular formula is C19H23N3O5. The Morgan fingerprint density at radius 3 is 2.56 bits per heavy atom. The Labute approximate surface area is 157 Å². The van der Waals surface area contributed by atoms with E-state index in [4.69, 9.17) is 15.1 Å². The average Bonchev–Trinajstić information content (AvgIpc) is 2.90. The summed E-state index contributed by atoms with van der Waals surface area (Å²) in [4.78, 5) is 38.2. The first-order chi connectivity index (χ1) is 12.9. The summed E-state index contributed by atoms with van der Waals surface area (Å²) in [6.45, 7) is 1.93. The summed E-state index contributed by atoms with van der Waals surface area (Å²) < 4.78 is 5.48. The number of ether oxygens (including phenoxy) is 1. The summed E-state index contributed by atoms with van der Waals surface area (Å²) in [6, 6.07) is 8.35. The molecule has 1 N–H and O–H groups in total. The number of benzene rings is 1. The van der Waals surface area contributed by atoms with Gasteiger partial charge in [0.2, 0.25) is 5.91 Å². The first-order valence-corrected chi connectivity index (χ1v) is 8.80. The van der Waals surface area contributed by atoms with E-state index in [0.717, 1.165) is 0 Å². The number of carboxylic acids is 1. The molecule has 144 valence electrons. The van der Waals surface area contributed by atoms with Gasteiger partial charge in [-0.15, -0.1) is 0 Å². The predicted octanol–water partition coefficient (Wildman–Crippen LogP) is 1.25. The molecule has 0 bridgehead atoms. The number of carbonyl (C=O) groups is 3. The zero-order chi connectivity index (χ0) is 19.8. The highest BCUT2D eigenvalue weighted by Gasteiger charge is 2.27. The van der Waals surface area contributed by atoms with Crippen LogP contribution in [0.25, 0.3) is 0 Å². The minimum Gasteiger partial charge on any atom is -0.484 e. The second-order valence-corrected chi connectivity index (χ2v) is 6.43. The topological polar surface area (TPSA) is 111 Å². The molecule has 1 fully saturated rings. The maximum Gasteiger partial charge on any atom is 0.323 e. The standard InChI is InChI=1S/C19H23N3O5/c1-14(23)22(12-19(25)26)16-3-2-9-21(10-8-16)18(24)13-27-17-6-4-15(11-20)5-7-17/h4-7,16H,2-3,8-10,12-13H2,1H3,(H,25,26). The van der Waals surface area contributed by atoms with Crippen molar-refractivity contribution in [3.05, 3.63) is 29.8 Å². The lowest BCUT2D eigenvalue weighted by atomic mass is 10.1. The molecule has 27 heavy (non-hydrogen) atoms. The third-order valence-corrected chi connectivity index (χ3v) is 4.55. The van der Waals surface area contributed by atoms with Gasteiger partial charge in [-0.2, -0.15) is 5.26 Å². The quantitative estimate of drug-likeness (QED) is 0.803. The maximum absolute atomic E-state index is 12.4. The maximum atomic E-state index is 12.4. The van der Waals surface area contributed by atoms with Crippen molar-refractivity contribution < 1.29 is 24.2 Å². The molecule has 8 nitrogen and oxygen atoms in total. The summed E-state index contributed by atoms with van der Waals surface area (Å²) in [5, 5.41) is 17.8. The molecule has 1 atom stereocenters. The highest BCUT2D eigenvalue weighted by Crippen LogP contribution is 2.18. The van der Waals surface area contributed by atoms with Gasteiger partial charge in [-0.1, -0.05) is 0 Å². The fraction of sp³-hybridized carbons (Fsp3) is 0.474. The lowest BCUT2D eigenvalue weighted by Gasteiger charge is -2.28. The molecule has 1 aromatic carbocycles. The summed E-state index contributed by atoms with van der Waals surface area (Å²) in [5.41, 5.74) is 0.517. The average molecular weight is 373 g/mol. The number of hydrogen-bond acceptors (Lipinski definition) is 5. The van der Waals surface area contributed by atoms with Crippen LogP contribution in [0.15, 0.2) is 24.3 Å². The monoisotopic (exact) mass is 373 g/mol. The molecule has 0 radical (unpaired) electrons. The second-order valence-electron chi connectivity index (χ2n) is 6.43. The van der Waals surface area contributed by atoms with E-state index in [0.29, 0.717) is 43.7 Å². The third-order valence-electron chi connectivity index (χ3n) is 4.55. The molecule has 1 heterocycles. The molecule has 0 spiro atoms. The van der Waals surface area contributed by atoms with Crippen LogP contribution < -0.4 is 4.74 Å². The predicted molar refractivity (Wildman–Crippen MR) is 95.9 cm³/mol. The number of aliphatic carboxylic acids is 1. The summed E-state index contributed by atoms with van der Waals surface area (Å²) in [5.74, 6) is -0.962. The van der Waals surface area contributed by atoms with Crippen LogP contribution in [0.5, 0.6) is 5.75 Å². The van der Waals surface area contributed by atoms with Crippen LogP contribution in [-0.4, -0.2) is 65.0 Å². The van der Waals surface area contributed by atoms with Crippen LogP contribution in [0.3, 0.4) is 0 Å². The Morgan fingerprint density at radius 1 is 1.26 bits per heavy atom. The van der Waals surface area contributed by atoms with E-state index in [9.17, 15) is 14.4 Å². The minimum absolute atomic E-state index is 0.109. The fourth-order valence-electron chi connectivity index (χ4n) is 3.15. The Balaban J connectivity index is 1.88. The zero-order valence-electron chi connectivity index (χ0n) is 15.3. The van der Waals surface area contributed by atoms with Crippen molar-refractivity contribution in [1.82, 2.24) is 9.80 Å². The fourth-order valence-corrected chi connectivity index (χ4v) is 3.15. The number of likely N-dealkylation sites (tertiary alicyclic amines) is 1. The first-order valence-electron chi connectivity index (χ1n) is 8.80. The molecular weight excluding hydrogens is 350 g/mol. The molecule has 2 amide bonds. The van der Waals surface area contributed by atoms with E-state index in [1.165, 1.54) is 11.8 Å². The van der Waals surface area contributed by atoms with Gasteiger partial charge < -0.3 is 19.6 Å². The minimum atomic E-state index is -1.04. The Morgan fingerprint density at radius 2 is 1.96 bits per heavy atom. The van der Waals surface area contributed by atoms with Gasteiger partial charge in [-0.3, -0.25) is 14.4 Å². The van der Waals surface area contributed by atoms with Crippen LogP contribution in [0.1, 0.15) is 31.7 Å². The number of nitriles is 1. The molecule has 2 rings (SSSR count). The Hall–Kier alpha value is -3.08. The van der Waals surface area contributed by atoms with E-state index in [1.807, 2.05) is 6.07 Å². The van der Waals surface area contributed by atoms with Crippen LogP contribution in [-0.2, 0) is 14.4 Å². The second kappa shape index (κ2) is 9.57. The molecule has 0 aliphatic carbocycles. The van der Waals surface area contributed by atoms with E-state index in [1.54, 1.807) is 29.2 Å². The van der Waals surface area contributed by atoms with Crippen molar-refractivity contribution in [2.45, 2.75) is 32.2 Å². The SMILES string of the molecule is CC(=O)N(CC(=O)O)C1CCCN(C(=O)COc2ccc(C#N)cc2)CC1. The third kappa shape index (κ3) is 5.99. The molecule has 1 aliphatic rings. The smallest absolute Gasteiger partial charge is 0.323 e. The van der Waals surface area contributed by atoms with Gasteiger partial charge in [0.15, 0.2) is 6.61 Å². The zero-order valence-corrected chi connectivity index (χ0v) is 15.3. The molecule has 0 aromatic heterocycles. The highest BCUT2D eigenvalue weighted by atomic mass is 16.5. The summed E-state index contributed by atoms with van der Waals surface area (Å²) in [6.07, 6.45) is 1.89. The lowest BCUT2D eigenvalue weighted by molar-refractivity contribution is -0.145. The molecule has 0 saturated carbocycles. The largest absolute Gasteiger partial charge is 0.484 e. The number of hydrogen-bond donors (Lipinski definition) is 1. The van der Waals surface area contributed by atoms with Crippen LogP contribution >= 0.6 is 0 Å². The summed E-state index contributed by atoms with van der Waals surface area (Å²) >= 11 is 0. The van der Waals surface area contributed by atoms with Crippen molar-refractivity contribution in [1.29, 1.82) is 5.26 Å². The van der Waals surface area contributed by atoms with Gasteiger partial charge in [0, 0.05) is 26.1 Å². The van der Waals surface area contributed by atoms with Crippen molar-refractivity contribution in [3.8, 4) is 11.8 Å². The Kier molecular flexibility index (Phi) is 7.17. The molecule has 8 heteroatoms. The number of amides is 2. The lowest BCUT2D eigenvalue weighted by Crippen LogP contribution is -2.43. The van der Waals surface area contributed by atoms with E-state index in [-0.39, 0.29) is 31.0 Å². The van der Waals surface area contributed by atoms with Crippen molar-refractivity contribution in [2.75, 3.05) is 26.2 Å². The van der Waals surface area contributed by atoms with Gasteiger partial charge in [-0.25, -0.2) is 0 Å².